The molecule has 0 aliphatic rings. The molecule has 0 radical (unpaired) electrons. The molecule has 0 bridgehead atoms. The summed E-state index contributed by atoms with van der Waals surface area (Å²) < 4.78 is 29.5. The maximum absolute atomic E-state index is 14.0. The van der Waals surface area contributed by atoms with Gasteiger partial charge in [0.2, 0.25) is 0 Å². The van der Waals surface area contributed by atoms with Gasteiger partial charge in [-0.3, -0.25) is 0 Å². The molecule has 0 spiro atoms. The Morgan fingerprint density at radius 2 is 2.10 bits per heavy atom. The molecule has 5 nitrogen and oxygen atoms in total. The quantitative estimate of drug-likeness (QED) is 0.628. The molecule has 20 heavy (non-hydrogen) atoms. The van der Waals surface area contributed by atoms with E-state index in [1.54, 1.807) is 19.4 Å². The van der Waals surface area contributed by atoms with Crippen molar-refractivity contribution >= 4 is 0 Å². The van der Waals surface area contributed by atoms with E-state index in [0.29, 0.717) is 31.9 Å². The van der Waals surface area contributed by atoms with E-state index in [0.717, 1.165) is 13.0 Å². The molecule has 1 N–H and O–H groups in total. The topological polar surface area (TPSA) is 52.6 Å². The highest BCUT2D eigenvalue weighted by molar-refractivity contribution is 5.23. The van der Waals surface area contributed by atoms with E-state index < -0.39 is 5.82 Å². The number of halogens is 1. The standard InChI is InChI=1S/C14H23FN2O3/c1-3-16-11-12-5-6-17-14(13(12)15)20-10-9-19-8-4-7-18-2/h5-6,16H,3-4,7-11H2,1-2H3. The van der Waals surface area contributed by atoms with Crippen LogP contribution in [0.1, 0.15) is 18.9 Å². The summed E-state index contributed by atoms with van der Waals surface area (Å²) in [5.41, 5.74) is 0.554. The fraction of sp³-hybridized carbons (Fsp3) is 0.643. The number of hydrogen-bond acceptors (Lipinski definition) is 5. The Morgan fingerprint density at radius 1 is 1.25 bits per heavy atom. The van der Waals surface area contributed by atoms with Gasteiger partial charge in [0.15, 0.2) is 5.82 Å². The van der Waals surface area contributed by atoms with Gasteiger partial charge in [0.25, 0.3) is 5.88 Å². The maximum atomic E-state index is 14.0. The Balaban J connectivity index is 2.29. The molecule has 0 atom stereocenters. The van der Waals surface area contributed by atoms with Crippen molar-refractivity contribution in [1.82, 2.24) is 10.3 Å². The molecule has 0 aliphatic heterocycles. The summed E-state index contributed by atoms with van der Waals surface area (Å²) >= 11 is 0. The lowest BCUT2D eigenvalue weighted by Gasteiger charge is -2.09. The second-order valence-corrected chi connectivity index (χ2v) is 4.18. The number of nitrogens with one attached hydrogen (secondary N) is 1. The highest BCUT2D eigenvalue weighted by atomic mass is 19.1. The van der Waals surface area contributed by atoms with Crippen molar-refractivity contribution in [1.29, 1.82) is 0 Å². The first-order valence-electron chi connectivity index (χ1n) is 6.83. The van der Waals surface area contributed by atoms with Crippen molar-refractivity contribution in [3.63, 3.8) is 0 Å². The molecule has 1 heterocycles. The fourth-order valence-corrected chi connectivity index (χ4v) is 1.56. The molecule has 0 aromatic carbocycles. The molecule has 0 saturated heterocycles. The van der Waals surface area contributed by atoms with Crippen LogP contribution < -0.4 is 10.1 Å². The molecule has 114 valence electrons. The predicted octanol–water partition coefficient (Wildman–Crippen LogP) is 1.76. The smallest absolute Gasteiger partial charge is 0.250 e. The van der Waals surface area contributed by atoms with Gasteiger partial charge in [0.1, 0.15) is 6.61 Å². The van der Waals surface area contributed by atoms with Crippen LogP contribution >= 0.6 is 0 Å². The van der Waals surface area contributed by atoms with Gasteiger partial charge in [0.05, 0.1) is 6.61 Å². The van der Waals surface area contributed by atoms with Gasteiger partial charge in [-0.25, -0.2) is 9.37 Å². The minimum atomic E-state index is -0.409. The number of ether oxygens (including phenoxy) is 3. The molecule has 1 aromatic rings. The third-order valence-corrected chi connectivity index (χ3v) is 2.61. The molecule has 1 aromatic heterocycles. The van der Waals surface area contributed by atoms with E-state index in [2.05, 4.69) is 10.3 Å². The summed E-state index contributed by atoms with van der Waals surface area (Å²) in [7, 11) is 1.65. The van der Waals surface area contributed by atoms with Gasteiger partial charge in [-0.15, -0.1) is 0 Å². The third kappa shape index (κ3) is 6.27. The zero-order valence-corrected chi connectivity index (χ0v) is 12.2. The maximum Gasteiger partial charge on any atom is 0.250 e. The zero-order chi connectivity index (χ0) is 14.6. The molecular weight excluding hydrogens is 263 g/mol. The van der Waals surface area contributed by atoms with Crippen LogP contribution in [0, 0.1) is 5.82 Å². The van der Waals surface area contributed by atoms with Crippen molar-refractivity contribution in [2.24, 2.45) is 0 Å². The molecular formula is C14H23FN2O3. The Bertz CT molecular complexity index is 377. The number of pyridine rings is 1. The van der Waals surface area contributed by atoms with Crippen LogP contribution in [-0.4, -0.2) is 45.1 Å². The van der Waals surface area contributed by atoms with E-state index in [9.17, 15) is 4.39 Å². The van der Waals surface area contributed by atoms with E-state index >= 15 is 0 Å². The van der Waals surface area contributed by atoms with Crippen LogP contribution in [0.4, 0.5) is 4.39 Å². The molecule has 0 unspecified atom stereocenters. The van der Waals surface area contributed by atoms with Gasteiger partial charge < -0.3 is 19.5 Å². The average molecular weight is 286 g/mol. The largest absolute Gasteiger partial charge is 0.473 e. The van der Waals surface area contributed by atoms with Crippen molar-refractivity contribution in [2.45, 2.75) is 19.9 Å². The monoisotopic (exact) mass is 286 g/mol. The van der Waals surface area contributed by atoms with Crippen molar-refractivity contribution in [3.8, 4) is 5.88 Å². The van der Waals surface area contributed by atoms with Crippen LogP contribution in [0.15, 0.2) is 12.3 Å². The molecule has 0 aliphatic carbocycles. The van der Waals surface area contributed by atoms with Crippen LogP contribution in [0.5, 0.6) is 5.88 Å². The lowest BCUT2D eigenvalue weighted by molar-refractivity contribution is 0.0784. The number of rotatable bonds is 11. The molecule has 1 rings (SSSR count). The van der Waals surface area contributed by atoms with Crippen molar-refractivity contribution in [3.05, 3.63) is 23.6 Å². The van der Waals surface area contributed by atoms with E-state index in [1.165, 1.54) is 0 Å². The Labute approximate surface area is 119 Å². The summed E-state index contributed by atoms with van der Waals surface area (Å²) in [6.07, 6.45) is 2.38. The van der Waals surface area contributed by atoms with Gasteiger partial charge >= 0.3 is 0 Å². The molecule has 0 amide bonds. The summed E-state index contributed by atoms with van der Waals surface area (Å²) in [5, 5.41) is 3.07. The number of hydrogen-bond donors (Lipinski definition) is 1. The first-order valence-corrected chi connectivity index (χ1v) is 6.83. The second-order valence-electron chi connectivity index (χ2n) is 4.18. The minimum absolute atomic E-state index is 0.0286. The second kappa shape index (κ2) is 10.5. The van der Waals surface area contributed by atoms with E-state index in [4.69, 9.17) is 14.2 Å². The summed E-state index contributed by atoms with van der Waals surface area (Å²) in [5.74, 6) is -0.381. The van der Waals surface area contributed by atoms with E-state index in [-0.39, 0.29) is 12.5 Å². The Hall–Kier alpha value is -1.24. The Morgan fingerprint density at radius 3 is 2.85 bits per heavy atom. The Kier molecular flexibility index (Phi) is 8.86. The van der Waals surface area contributed by atoms with Crippen LogP contribution in [-0.2, 0) is 16.0 Å². The number of methoxy groups -OCH3 is 1. The average Bonchev–Trinajstić information content (AvgIpc) is 2.46. The molecule has 6 heteroatoms. The normalized spacial score (nSPS) is 10.8. The lowest BCUT2D eigenvalue weighted by atomic mass is 10.2. The van der Waals surface area contributed by atoms with Crippen LogP contribution in [0.3, 0.4) is 0 Å². The highest BCUT2D eigenvalue weighted by Crippen LogP contribution is 2.17. The van der Waals surface area contributed by atoms with Crippen LogP contribution in [0.25, 0.3) is 0 Å². The fourth-order valence-electron chi connectivity index (χ4n) is 1.56. The minimum Gasteiger partial charge on any atom is -0.473 e. The number of aromatic nitrogens is 1. The third-order valence-electron chi connectivity index (χ3n) is 2.61. The van der Waals surface area contributed by atoms with Crippen LogP contribution in [0.2, 0.25) is 0 Å². The summed E-state index contributed by atoms with van der Waals surface area (Å²) in [6, 6.07) is 1.64. The highest BCUT2D eigenvalue weighted by Gasteiger charge is 2.10. The summed E-state index contributed by atoms with van der Waals surface area (Å²) in [6.45, 7) is 5.18. The SMILES string of the molecule is CCNCc1ccnc(OCCOCCCOC)c1F. The molecule has 0 fully saturated rings. The molecule has 0 saturated carbocycles. The zero-order valence-electron chi connectivity index (χ0n) is 12.2. The predicted molar refractivity (Wildman–Crippen MR) is 74.4 cm³/mol. The van der Waals surface area contributed by atoms with Crippen molar-refractivity contribution in [2.75, 3.05) is 40.1 Å². The first kappa shape index (κ1) is 16.8. The van der Waals surface area contributed by atoms with E-state index in [1.807, 2.05) is 6.92 Å². The van der Waals surface area contributed by atoms with Gasteiger partial charge in [-0.2, -0.15) is 0 Å². The first-order chi connectivity index (χ1) is 9.79. The van der Waals surface area contributed by atoms with Gasteiger partial charge in [-0.05, 0) is 19.0 Å². The number of nitrogens with zero attached hydrogens (tertiary/aromatic N) is 1. The summed E-state index contributed by atoms with van der Waals surface area (Å²) in [4.78, 5) is 3.89. The lowest BCUT2D eigenvalue weighted by Crippen LogP contribution is -2.15. The van der Waals surface area contributed by atoms with Gasteiger partial charge in [0, 0.05) is 38.6 Å². The van der Waals surface area contributed by atoms with Crippen molar-refractivity contribution < 1.29 is 18.6 Å². The van der Waals surface area contributed by atoms with Gasteiger partial charge in [-0.1, -0.05) is 6.92 Å².